The maximum atomic E-state index is 10.4. The van der Waals surface area contributed by atoms with E-state index in [0.29, 0.717) is 0 Å². The average molecular weight is 271 g/mol. The van der Waals surface area contributed by atoms with Gasteiger partial charge in [0.1, 0.15) is 6.10 Å². The molecule has 1 aliphatic heterocycles. The van der Waals surface area contributed by atoms with Gasteiger partial charge in [0, 0.05) is 4.91 Å². The number of aliphatic hydroxyl groups is 1. The van der Waals surface area contributed by atoms with Crippen molar-refractivity contribution in [2.75, 3.05) is 13.2 Å². The van der Waals surface area contributed by atoms with Crippen LogP contribution in [-0.4, -0.2) is 46.4 Å². The molecule has 1 aliphatic rings. The first-order valence-electron chi connectivity index (χ1n) is 4.46. The van der Waals surface area contributed by atoms with Crippen molar-refractivity contribution in [2.24, 2.45) is 5.11 Å². The number of phosphoric ester groups is 1. The molecule has 17 heavy (non-hydrogen) atoms. The first-order valence-corrected chi connectivity index (χ1v) is 5.99. The van der Waals surface area contributed by atoms with E-state index in [1.54, 1.807) is 0 Å². The quantitative estimate of drug-likeness (QED) is 0.246. The second-order valence-corrected chi connectivity index (χ2v) is 4.56. The van der Waals surface area contributed by atoms with Gasteiger partial charge >= 0.3 is 7.82 Å². The molecule has 0 saturated carbocycles. The zero-order chi connectivity index (χ0) is 12.2. The van der Waals surface area contributed by atoms with Gasteiger partial charge in [-0.15, -0.1) is 0 Å². The highest BCUT2D eigenvalue weighted by molar-refractivity contribution is 7.46. The monoisotopic (exact) mass is 271 g/mol. The van der Waals surface area contributed by atoms with Gasteiger partial charge in [0.25, 0.3) is 0 Å². The van der Waals surface area contributed by atoms with E-state index >= 15 is 0 Å². The number of phosphoric acid groups is 1. The van der Waals surface area contributed by atoms with Gasteiger partial charge in [-0.2, -0.15) is 0 Å². The maximum absolute atomic E-state index is 10.4. The molecule has 0 radical (unpaired) electrons. The predicted molar refractivity (Wildman–Crippen MR) is 57.3 cm³/mol. The van der Waals surface area contributed by atoms with Crippen molar-refractivity contribution < 1.29 is 28.7 Å². The van der Waals surface area contributed by atoms with Gasteiger partial charge in [0.15, 0.2) is 0 Å². The van der Waals surface area contributed by atoms with Gasteiger partial charge in [-0.25, -0.2) is 4.57 Å². The van der Waals surface area contributed by atoms with E-state index in [-0.39, 0.29) is 19.2 Å². The Morgan fingerprint density at radius 1 is 1.59 bits per heavy atom. The highest BCUT2D eigenvalue weighted by atomic mass is 31.2. The normalized spacial score (nSPS) is 29.0. The minimum Gasteiger partial charge on any atom is -0.390 e. The summed E-state index contributed by atoms with van der Waals surface area (Å²) in [5, 5.41) is 12.9. The van der Waals surface area contributed by atoms with Crippen molar-refractivity contribution >= 4 is 7.82 Å². The number of hydrogen-bond donors (Lipinski definition) is 4. The van der Waals surface area contributed by atoms with Gasteiger partial charge in [0.05, 0.1) is 25.4 Å². The van der Waals surface area contributed by atoms with Crippen molar-refractivity contribution in [3.05, 3.63) is 10.4 Å². The van der Waals surface area contributed by atoms with Crippen molar-refractivity contribution in [2.45, 2.75) is 24.7 Å². The smallest absolute Gasteiger partial charge is 0.390 e. The van der Waals surface area contributed by atoms with Crippen LogP contribution < -0.4 is 6.15 Å². The van der Waals surface area contributed by atoms with Crippen molar-refractivity contribution in [3.8, 4) is 0 Å². The summed E-state index contributed by atoms with van der Waals surface area (Å²) in [6.07, 6.45) is -1.62. The second-order valence-electron chi connectivity index (χ2n) is 3.32. The van der Waals surface area contributed by atoms with Crippen LogP contribution in [-0.2, 0) is 13.8 Å². The van der Waals surface area contributed by atoms with Crippen LogP contribution in [0.1, 0.15) is 6.42 Å². The number of hydrogen-bond acceptors (Lipinski definition) is 5. The molecule has 0 aliphatic carbocycles. The SMILES string of the molecule is [N-]=[N+]=N[C@@H]1CO[C@H](COP(=O)(O)O)[C@@H](O)C1.[NH4+]. The van der Waals surface area contributed by atoms with E-state index in [9.17, 15) is 9.67 Å². The Hall–Kier alpha value is -0.700. The number of azide groups is 1. The minimum absolute atomic E-state index is 0. The lowest BCUT2D eigenvalue weighted by atomic mass is 10.0. The van der Waals surface area contributed by atoms with Gasteiger partial charge in [0.2, 0.25) is 0 Å². The fourth-order valence-electron chi connectivity index (χ4n) is 1.33. The van der Waals surface area contributed by atoms with Gasteiger partial charge in [-0.05, 0) is 12.0 Å². The van der Waals surface area contributed by atoms with Crippen LogP contribution in [0, 0.1) is 0 Å². The third-order valence-corrected chi connectivity index (χ3v) is 2.55. The van der Waals surface area contributed by atoms with E-state index in [1.807, 2.05) is 0 Å². The Balaban J connectivity index is 0.00000256. The molecule has 0 amide bonds. The highest BCUT2D eigenvalue weighted by Crippen LogP contribution is 2.36. The molecule has 3 atom stereocenters. The number of aliphatic hydroxyl groups excluding tert-OH is 1. The van der Waals surface area contributed by atoms with E-state index in [2.05, 4.69) is 14.5 Å². The highest BCUT2D eigenvalue weighted by Gasteiger charge is 2.31. The van der Waals surface area contributed by atoms with Crippen LogP contribution in [0.3, 0.4) is 0 Å². The summed E-state index contributed by atoms with van der Waals surface area (Å²) in [6.45, 7) is -0.315. The van der Waals surface area contributed by atoms with Crippen molar-refractivity contribution in [3.63, 3.8) is 0 Å². The van der Waals surface area contributed by atoms with Crippen molar-refractivity contribution in [1.29, 1.82) is 0 Å². The summed E-state index contributed by atoms with van der Waals surface area (Å²) in [6, 6.07) is -0.466. The lowest BCUT2D eigenvalue weighted by Crippen LogP contribution is -2.42. The molecule has 10 nitrogen and oxygen atoms in total. The molecule has 0 aromatic carbocycles. The number of quaternary nitrogens is 1. The molecule has 0 unspecified atom stereocenters. The second kappa shape index (κ2) is 6.90. The first-order chi connectivity index (χ1) is 7.42. The minimum atomic E-state index is -4.56. The molecular formula is C6H16N4O6P+. The van der Waals surface area contributed by atoms with Crippen LogP contribution in [0.25, 0.3) is 10.4 Å². The molecule has 0 aromatic heterocycles. The zero-order valence-electron chi connectivity index (χ0n) is 9.21. The first kappa shape index (κ1) is 16.3. The van der Waals surface area contributed by atoms with Crippen LogP contribution >= 0.6 is 7.82 Å². The Bertz CT molecular complexity index is 328. The number of rotatable bonds is 4. The summed E-state index contributed by atoms with van der Waals surface area (Å²) in [4.78, 5) is 19.5. The lowest BCUT2D eigenvalue weighted by Gasteiger charge is -2.31. The largest absolute Gasteiger partial charge is 0.469 e. The topological polar surface area (TPSA) is 181 Å². The summed E-state index contributed by atoms with van der Waals surface area (Å²) >= 11 is 0. The molecule has 1 saturated heterocycles. The lowest BCUT2D eigenvalue weighted by molar-refractivity contribution is -0.0994. The number of nitrogens with zero attached hydrogens (tertiary/aromatic N) is 3. The summed E-state index contributed by atoms with van der Waals surface area (Å²) in [5.41, 5.74) is 8.17. The van der Waals surface area contributed by atoms with Crippen LogP contribution in [0.5, 0.6) is 0 Å². The fraction of sp³-hybridized carbons (Fsp3) is 1.00. The van der Waals surface area contributed by atoms with E-state index in [1.165, 1.54) is 0 Å². The fourth-order valence-corrected chi connectivity index (χ4v) is 1.67. The summed E-state index contributed by atoms with van der Waals surface area (Å²) in [7, 11) is -4.56. The van der Waals surface area contributed by atoms with Crippen LogP contribution in [0.2, 0.25) is 0 Å². The molecular weight excluding hydrogens is 255 g/mol. The molecule has 7 N–H and O–H groups in total. The van der Waals surface area contributed by atoms with Crippen LogP contribution in [0.4, 0.5) is 0 Å². The van der Waals surface area contributed by atoms with Gasteiger partial charge in [-0.3, -0.25) is 4.52 Å². The Kier molecular flexibility index (Phi) is 6.61. The Morgan fingerprint density at radius 3 is 2.71 bits per heavy atom. The molecule has 0 bridgehead atoms. The molecule has 0 spiro atoms. The van der Waals surface area contributed by atoms with E-state index in [0.717, 1.165) is 0 Å². The standard InChI is InChI=1S/C6H12N3O6P.H3N/c7-9-8-4-1-5(10)6(14-2-4)3-15-16(11,12)13;/h4-6,10H,1-3H2,(H2,11,12,13);1H3/p+1/t4-,5-,6+;/m0./s1. The zero-order valence-corrected chi connectivity index (χ0v) is 10.1. The average Bonchev–Trinajstić information content (AvgIpc) is 2.15. The third-order valence-electron chi connectivity index (χ3n) is 2.07. The summed E-state index contributed by atoms with van der Waals surface area (Å²) < 4.78 is 19.7. The third kappa shape index (κ3) is 5.97. The Labute approximate surface area is 97.0 Å². The van der Waals surface area contributed by atoms with E-state index in [4.69, 9.17) is 20.1 Å². The van der Waals surface area contributed by atoms with Crippen LogP contribution in [0.15, 0.2) is 5.11 Å². The molecule has 0 aromatic rings. The van der Waals surface area contributed by atoms with E-state index < -0.39 is 32.7 Å². The number of ether oxygens (including phenoxy) is 1. The van der Waals surface area contributed by atoms with Gasteiger partial charge in [-0.1, -0.05) is 5.11 Å². The Morgan fingerprint density at radius 2 is 2.24 bits per heavy atom. The molecule has 100 valence electrons. The van der Waals surface area contributed by atoms with Crippen molar-refractivity contribution in [1.82, 2.24) is 6.15 Å². The molecule has 1 rings (SSSR count). The summed E-state index contributed by atoms with van der Waals surface area (Å²) in [5.74, 6) is 0. The molecule has 11 heteroatoms. The maximum Gasteiger partial charge on any atom is 0.469 e. The predicted octanol–water partition coefficient (Wildman–Crippen LogP) is 0.301. The van der Waals surface area contributed by atoms with Gasteiger partial charge < -0.3 is 25.8 Å². The molecule has 1 heterocycles. The molecule has 1 fully saturated rings.